The highest BCUT2D eigenvalue weighted by Gasteiger charge is 2.14. The number of carbonyl (C=O) groups excluding carboxylic acids is 1. The Hall–Kier alpha value is -2.11. The highest BCUT2D eigenvalue weighted by molar-refractivity contribution is 5.75. The van der Waals surface area contributed by atoms with Crippen molar-refractivity contribution in [3.05, 3.63) is 30.1 Å². The summed E-state index contributed by atoms with van der Waals surface area (Å²) in [4.78, 5) is 29.3. The molecule has 1 heterocycles. The van der Waals surface area contributed by atoms with Gasteiger partial charge in [-0.3, -0.25) is 9.78 Å². The van der Waals surface area contributed by atoms with E-state index in [1.54, 1.807) is 31.4 Å². The molecule has 0 radical (unpaired) electrons. The first-order valence-corrected chi connectivity index (χ1v) is 6.07. The van der Waals surface area contributed by atoms with Gasteiger partial charge in [0.05, 0.1) is 6.42 Å². The van der Waals surface area contributed by atoms with Gasteiger partial charge < -0.3 is 14.9 Å². The Bertz CT molecular complexity index is 422. The topological polar surface area (TPSA) is 73.7 Å². The normalized spacial score (nSPS) is 10.0. The number of aliphatic carboxylic acids is 1. The lowest BCUT2D eigenvalue weighted by Crippen LogP contribution is -2.40. The van der Waals surface area contributed by atoms with E-state index in [0.717, 1.165) is 12.0 Å². The zero-order valence-electron chi connectivity index (χ0n) is 11.2. The van der Waals surface area contributed by atoms with E-state index in [4.69, 9.17) is 5.11 Å². The number of carboxylic acid groups (broad SMARTS) is 1. The molecule has 2 amide bonds. The summed E-state index contributed by atoms with van der Waals surface area (Å²) in [6.07, 6.45) is 4.14. The van der Waals surface area contributed by atoms with Crippen LogP contribution >= 0.6 is 0 Å². The fourth-order valence-electron chi connectivity index (χ4n) is 1.59. The van der Waals surface area contributed by atoms with Gasteiger partial charge >= 0.3 is 12.0 Å². The predicted molar refractivity (Wildman–Crippen MR) is 70.8 cm³/mol. The van der Waals surface area contributed by atoms with E-state index in [0.29, 0.717) is 6.54 Å². The largest absolute Gasteiger partial charge is 0.481 e. The quantitative estimate of drug-likeness (QED) is 0.835. The number of urea groups is 1. The first kappa shape index (κ1) is 14.9. The zero-order chi connectivity index (χ0) is 14.3. The third-order valence-electron chi connectivity index (χ3n) is 2.80. The molecule has 1 aromatic rings. The third-order valence-corrected chi connectivity index (χ3v) is 2.80. The lowest BCUT2D eigenvalue weighted by atomic mass is 10.2. The molecule has 0 aliphatic carbocycles. The van der Waals surface area contributed by atoms with E-state index in [1.807, 2.05) is 12.1 Å². The number of rotatable bonds is 6. The van der Waals surface area contributed by atoms with Crippen molar-refractivity contribution < 1.29 is 14.7 Å². The Morgan fingerprint density at radius 3 is 2.32 bits per heavy atom. The van der Waals surface area contributed by atoms with Crippen LogP contribution in [0.15, 0.2) is 24.5 Å². The Labute approximate surface area is 112 Å². The molecule has 0 bridgehead atoms. The average Bonchev–Trinajstić information content (AvgIpc) is 2.42. The van der Waals surface area contributed by atoms with E-state index in [1.165, 1.54) is 4.90 Å². The van der Waals surface area contributed by atoms with Crippen LogP contribution in [0.4, 0.5) is 4.79 Å². The number of hydrogen-bond acceptors (Lipinski definition) is 3. The molecule has 0 aliphatic rings. The van der Waals surface area contributed by atoms with E-state index in [9.17, 15) is 9.59 Å². The molecular formula is C13H19N3O3. The SMILES string of the molecule is CN(CCC(=O)O)C(=O)N(C)CCc1ccncc1. The molecule has 0 aliphatic heterocycles. The van der Waals surface area contributed by atoms with Crippen LogP contribution in [0.25, 0.3) is 0 Å². The first-order chi connectivity index (χ1) is 9.00. The summed E-state index contributed by atoms with van der Waals surface area (Å²) in [5, 5.41) is 8.58. The molecule has 0 saturated heterocycles. The van der Waals surface area contributed by atoms with Gasteiger partial charge in [0.25, 0.3) is 0 Å². The number of amides is 2. The van der Waals surface area contributed by atoms with Gasteiger partial charge in [-0.15, -0.1) is 0 Å². The van der Waals surface area contributed by atoms with Gasteiger partial charge in [0.2, 0.25) is 0 Å². The average molecular weight is 265 g/mol. The van der Waals surface area contributed by atoms with Gasteiger partial charge in [0.1, 0.15) is 0 Å². The van der Waals surface area contributed by atoms with E-state index in [-0.39, 0.29) is 19.0 Å². The van der Waals surface area contributed by atoms with Gasteiger partial charge in [-0.1, -0.05) is 0 Å². The maximum atomic E-state index is 11.9. The fourth-order valence-corrected chi connectivity index (χ4v) is 1.59. The van der Waals surface area contributed by atoms with Crippen molar-refractivity contribution in [2.75, 3.05) is 27.2 Å². The molecule has 0 fully saturated rings. The van der Waals surface area contributed by atoms with Crippen LogP contribution in [0.3, 0.4) is 0 Å². The fraction of sp³-hybridized carbons (Fsp3) is 0.462. The van der Waals surface area contributed by atoms with Gasteiger partial charge in [0, 0.05) is 39.6 Å². The van der Waals surface area contributed by atoms with Crippen LogP contribution in [0.5, 0.6) is 0 Å². The standard InChI is InChI=1S/C13H19N3O3/c1-15(9-5-11-3-7-14-8-4-11)13(19)16(2)10-6-12(17)18/h3-4,7-8H,5-6,9-10H2,1-2H3,(H,17,18). The number of pyridine rings is 1. The molecule has 6 heteroatoms. The lowest BCUT2D eigenvalue weighted by Gasteiger charge is -2.24. The van der Waals surface area contributed by atoms with Crippen LogP contribution in [0.1, 0.15) is 12.0 Å². The van der Waals surface area contributed by atoms with Crippen molar-refractivity contribution in [1.82, 2.24) is 14.8 Å². The summed E-state index contributed by atoms with van der Waals surface area (Å²) in [5.74, 6) is -0.904. The minimum atomic E-state index is -0.904. The highest BCUT2D eigenvalue weighted by atomic mass is 16.4. The van der Waals surface area contributed by atoms with E-state index >= 15 is 0 Å². The van der Waals surface area contributed by atoms with Crippen LogP contribution in [-0.2, 0) is 11.2 Å². The molecule has 19 heavy (non-hydrogen) atoms. The highest BCUT2D eigenvalue weighted by Crippen LogP contribution is 2.01. The molecule has 1 aromatic heterocycles. The van der Waals surface area contributed by atoms with Gasteiger partial charge in [-0.25, -0.2) is 4.79 Å². The summed E-state index contributed by atoms with van der Waals surface area (Å²) < 4.78 is 0. The van der Waals surface area contributed by atoms with Crippen molar-refractivity contribution in [2.24, 2.45) is 0 Å². The minimum absolute atomic E-state index is 0.0412. The zero-order valence-corrected chi connectivity index (χ0v) is 11.2. The van der Waals surface area contributed by atoms with Gasteiger partial charge in [-0.05, 0) is 24.1 Å². The van der Waals surface area contributed by atoms with Crippen molar-refractivity contribution in [2.45, 2.75) is 12.8 Å². The number of likely N-dealkylation sites (N-methyl/N-ethyl adjacent to an activating group) is 1. The van der Waals surface area contributed by atoms with Crippen LogP contribution in [0.2, 0.25) is 0 Å². The molecule has 0 saturated carbocycles. The third kappa shape index (κ3) is 5.37. The van der Waals surface area contributed by atoms with E-state index < -0.39 is 5.97 Å². The van der Waals surface area contributed by atoms with Gasteiger partial charge in [0.15, 0.2) is 0 Å². The number of hydrogen-bond donors (Lipinski definition) is 1. The summed E-state index contributed by atoms with van der Waals surface area (Å²) in [6, 6.07) is 3.65. The Morgan fingerprint density at radius 1 is 1.16 bits per heavy atom. The number of nitrogens with zero attached hydrogens (tertiary/aromatic N) is 3. The molecule has 0 unspecified atom stereocenters. The molecule has 6 nitrogen and oxygen atoms in total. The first-order valence-electron chi connectivity index (χ1n) is 6.07. The summed E-state index contributed by atoms with van der Waals surface area (Å²) in [5.41, 5.74) is 1.11. The van der Waals surface area contributed by atoms with Gasteiger partial charge in [-0.2, -0.15) is 0 Å². The van der Waals surface area contributed by atoms with Crippen LogP contribution in [-0.4, -0.2) is 59.1 Å². The Morgan fingerprint density at radius 2 is 1.74 bits per heavy atom. The molecule has 0 aromatic carbocycles. The van der Waals surface area contributed by atoms with Crippen molar-refractivity contribution in [1.29, 1.82) is 0 Å². The van der Waals surface area contributed by atoms with E-state index in [2.05, 4.69) is 4.98 Å². The summed E-state index contributed by atoms with van der Waals surface area (Å²) in [7, 11) is 3.31. The van der Waals surface area contributed by atoms with Crippen molar-refractivity contribution in [3.63, 3.8) is 0 Å². The number of aromatic nitrogens is 1. The lowest BCUT2D eigenvalue weighted by molar-refractivity contribution is -0.137. The van der Waals surface area contributed by atoms with Crippen LogP contribution < -0.4 is 0 Å². The van der Waals surface area contributed by atoms with Crippen molar-refractivity contribution >= 4 is 12.0 Å². The molecular weight excluding hydrogens is 246 g/mol. The maximum absolute atomic E-state index is 11.9. The monoisotopic (exact) mass is 265 g/mol. The molecule has 1 rings (SSSR count). The Kier molecular flexibility index (Phi) is 5.78. The molecule has 104 valence electrons. The number of carbonyl (C=O) groups is 2. The minimum Gasteiger partial charge on any atom is -0.481 e. The predicted octanol–water partition coefficient (Wildman–Crippen LogP) is 1.08. The van der Waals surface area contributed by atoms with Crippen molar-refractivity contribution in [3.8, 4) is 0 Å². The second-order valence-corrected chi connectivity index (χ2v) is 4.37. The molecule has 1 N–H and O–H groups in total. The van der Waals surface area contributed by atoms with Crippen LogP contribution in [0, 0.1) is 0 Å². The summed E-state index contributed by atoms with van der Waals surface area (Å²) in [6.45, 7) is 0.800. The second kappa shape index (κ2) is 7.35. The smallest absolute Gasteiger partial charge is 0.319 e. The number of carboxylic acids is 1. The maximum Gasteiger partial charge on any atom is 0.319 e. The Balaban J connectivity index is 2.38. The second-order valence-electron chi connectivity index (χ2n) is 4.37. The summed E-state index contributed by atoms with van der Waals surface area (Å²) >= 11 is 0. The molecule has 0 spiro atoms. The molecule has 0 atom stereocenters.